The normalized spacial score (nSPS) is 20.3. The van der Waals surface area contributed by atoms with Crippen LogP contribution in [0.1, 0.15) is 61.8 Å². The first-order valence-electron chi connectivity index (χ1n) is 7.42. The van der Waals surface area contributed by atoms with Crippen LogP contribution < -0.4 is 5.32 Å². The lowest BCUT2D eigenvalue weighted by atomic mass is 9.68. The SMILES string of the molecule is CNC(c1cc(C)c(Br)cc1C)C1(C)CCCCC1. The van der Waals surface area contributed by atoms with Crippen LogP contribution in [0.15, 0.2) is 16.6 Å². The molecule has 1 aromatic rings. The summed E-state index contributed by atoms with van der Waals surface area (Å²) in [7, 11) is 2.11. The third kappa shape index (κ3) is 3.05. The second kappa shape index (κ2) is 5.97. The number of hydrogen-bond acceptors (Lipinski definition) is 1. The lowest BCUT2D eigenvalue weighted by Crippen LogP contribution is -2.36. The molecule has 1 fully saturated rings. The lowest BCUT2D eigenvalue weighted by molar-refractivity contribution is 0.150. The quantitative estimate of drug-likeness (QED) is 0.796. The average Bonchev–Trinajstić information content (AvgIpc) is 2.37. The summed E-state index contributed by atoms with van der Waals surface area (Å²) in [5, 5.41) is 3.60. The van der Waals surface area contributed by atoms with E-state index in [0.717, 1.165) is 0 Å². The molecule has 106 valence electrons. The maximum atomic E-state index is 3.64. The summed E-state index contributed by atoms with van der Waals surface area (Å²) in [6.07, 6.45) is 6.84. The van der Waals surface area contributed by atoms with Crippen LogP contribution in [-0.2, 0) is 0 Å². The van der Waals surface area contributed by atoms with E-state index in [9.17, 15) is 0 Å². The first kappa shape index (κ1) is 15.1. The van der Waals surface area contributed by atoms with E-state index in [1.165, 1.54) is 53.3 Å². The van der Waals surface area contributed by atoms with Gasteiger partial charge in [-0.15, -0.1) is 0 Å². The largest absolute Gasteiger partial charge is 0.313 e. The molecule has 1 N–H and O–H groups in total. The van der Waals surface area contributed by atoms with Gasteiger partial charge in [-0.2, -0.15) is 0 Å². The third-order valence-corrected chi connectivity index (χ3v) is 5.69. The van der Waals surface area contributed by atoms with Crippen LogP contribution in [0.3, 0.4) is 0 Å². The zero-order chi connectivity index (χ0) is 14.0. The Morgan fingerprint density at radius 3 is 2.32 bits per heavy atom. The Morgan fingerprint density at radius 1 is 1.11 bits per heavy atom. The zero-order valence-electron chi connectivity index (χ0n) is 12.6. The minimum Gasteiger partial charge on any atom is -0.313 e. The molecule has 0 bridgehead atoms. The fourth-order valence-corrected chi connectivity index (χ4v) is 4.10. The summed E-state index contributed by atoms with van der Waals surface area (Å²) < 4.78 is 1.22. The van der Waals surface area contributed by atoms with Crippen molar-refractivity contribution in [2.45, 2.75) is 58.9 Å². The molecule has 1 aromatic carbocycles. The molecule has 0 spiro atoms. The summed E-state index contributed by atoms with van der Waals surface area (Å²) in [4.78, 5) is 0. The van der Waals surface area contributed by atoms with Crippen LogP contribution in [0.2, 0.25) is 0 Å². The molecule has 19 heavy (non-hydrogen) atoms. The maximum absolute atomic E-state index is 3.64. The van der Waals surface area contributed by atoms with Crippen molar-refractivity contribution < 1.29 is 0 Å². The van der Waals surface area contributed by atoms with Crippen LogP contribution >= 0.6 is 15.9 Å². The minimum atomic E-state index is 0.401. The number of rotatable bonds is 3. The molecule has 0 aliphatic heterocycles. The Bertz CT molecular complexity index is 447. The molecular formula is C17H26BrN. The Hall–Kier alpha value is -0.340. The number of hydrogen-bond donors (Lipinski definition) is 1. The maximum Gasteiger partial charge on any atom is 0.0374 e. The van der Waals surface area contributed by atoms with Gasteiger partial charge in [-0.1, -0.05) is 48.2 Å². The molecule has 1 aliphatic rings. The van der Waals surface area contributed by atoms with E-state index in [1.54, 1.807) is 0 Å². The van der Waals surface area contributed by atoms with E-state index in [2.05, 4.69) is 61.2 Å². The highest BCUT2D eigenvalue weighted by Crippen LogP contribution is 2.46. The molecule has 0 aromatic heterocycles. The summed E-state index contributed by atoms with van der Waals surface area (Å²) in [6, 6.07) is 5.10. The summed E-state index contributed by atoms with van der Waals surface area (Å²) >= 11 is 3.64. The first-order valence-corrected chi connectivity index (χ1v) is 8.21. The monoisotopic (exact) mass is 323 g/mol. The Balaban J connectivity index is 2.39. The van der Waals surface area contributed by atoms with Gasteiger partial charge in [0, 0.05) is 10.5 Å². The minimum absolute atomic E-state index is 0.401. The summed E-state index contributed by atoms with van der Waals surface area (Å²) in [5.74, 6) is 0. The molecule has 2 rings (SSSR count). The van der Waals surface area contributed by atoms with Gasteiger partial charge < -0.3 is 5.32 Å². The molecule has 1 unspecified atom stereocenters. The Labute approximate surface area is 126 Å². The van der Waals surface area contributed by atoms with Crippen molar-refractivity contribution in [3.63, 3.8) is 0 Å². The molecule has 1 nitrogen and oxygen atoms in total. The smallest absolute Gasteiger partial charge is 0.0374 e. The van der Waals surface area contributed by atoms with Crippen LogP contribution in [0.5, 0.6) is 0 Å². The predicted molar refractivity (Wildman–Crippen MR) is 86.6 cm³/mol. The van der Waals surface area contributed by atoms with Crippen molar-refractivity contribution in [2.75, 3.05) is 7.05 Å². The second-order valence-electron chi connectivity index (χ2n) is 6.39. The molecular weight excluding hydrogens is 298 g/mol. The van der Waals surface area contributed by atoms with E-state index in [-0.39, 0.29) is 0 Å². The number of halogens is 1. The van der Waals surface area contributed by atoms with Gasteiger partial charge in [-0.3, -0.25) is 0 Å². The van der Waals surface area contributed by atoms with Gasteiger partial charge in [0.15, 0.2) is 0 Å². The van der Waals surface area contributed by atoms with Crippen LogP contribution in [0, 0.1) is 19.3 Å². The molecule has 0 heterocycles. The highest BCUT2D eigenvalue weighted by atomic mass is 79.9. The van der Waals surface area contributed by atoms with E-state index >= 15 is 0 Å². The lowest BCUT2D eigenvalue weighted by Gasteiger charge is -2.41. The van der Waals surface area contributed by atoms with Crippen molar-refractivity contribution in [3.05, 3.63) is 33.3 Å². The van der Waals surface area contributed by atoms with Crippen molar-refractivity contribution in [1.82, 2.24) is 5.32 Å². The van der Waals surface area contributed by atoms with E-state index in [4.69, 9.17) is 0 Å². The first-order chi connectivity index (χ1) is 8.98. The van der Waals surface area contributed by atoms with E-state index in [1.807, 2.05) is 0 Å². The third-order valence-electron chi connectivity index (χ3n) is 4.84. The topological polar surface area (TPSA) is 12.0 Å². The molecule has 1 atom stereocenters. The van der Waals surface area contributed by atoms with Crippen molar-refractivity contribution in [1.29, 1.82) is 0 Å². The standard InChI is InChI=1S/C17H26BrN/c1-12-11-15(18)13(2)10-14(12)16(19-4)17(3)8-6-5-7-9-17/h10-11,16,19H,5-9H2,1-4H3. The van der Waals surface area contributed by atoms with Gasteiger partial charge in [-0.25, -0.2) is 0 Å². The number of aryl methyl sites for hydroxylation is 2. The van der Waals surface area contributed by atoms with Gasteiger partial charge in [0.2, 0.25) is 0 Å². The summed E-state index contributed by atoms with van der Waals surface area (Å²) in [5.41, 5.74) is 4.61. The van der Waals surface area contributed by atoms with Crippen molar-refractivity contribution >= 4 is 15.9 Å². The van der Waals surface area contributed by atoms with Crippen molar-refractivity contribution in [2.24, 2.45) is 5.41 Å². The van der Waals surface area contributed by atoms with Gasteiger partial charge in [0.1, 0.15) is 0 Å². The number of nitrogens with one attached hydrogen (secondary N) is 1. The molecule has 2 heteroatoms. The molecule has 0 amide bonds. The van der Waals surface area contributed by atoms with Gasteiger partial charge in [0.25, 0.3) is 0 Å². The second-order valence-corrected chi connectivity index (χ2v) is 7.25. The summed E-state index contributed by atoms with van der Waals surface area (Å²) in [6.45, 7) is 6.88. The Kier molecular flexibility index (Phi) is 4.73. The van der Waals surface area contributed by atoms with Crippen LogP contribution in [0.4, 0.5) is 0 Å². The van der Waals surface area contributed by atoms with Gasteiger partial charge >= 0.3 is 0 Å². The fraction of sp³-hybridized carbons (Fsp3) is 0.647. The predicted octanol–water partition coefficient (Wildman–Crippen LogP) is 5.30. The van der Waals surface area contributed by atoms with Gasteiger partial charge in [0.05, 0.1) is 0 Å². The van der Waals surface area contributed by atoms with Crippen molar-refractivity contribution in [3.8, 4) is 0 Å². The van der Waals surface area contributed by atoms with Crippen LogP contribution in [-0.4, -0.2) is 7.05 Å². The van der Waals surface area contributed by atoms with E-state index in [0.29, 0.717) is 11.5 Å². The van der Waals surface area contributed by atoms with E-state index < -0.39 is 0 Å². The molecule has 0 radical (unpaired) electrons. The number of benzene rings is 1. The molecule has 0 saturated heterocycles. The molecule has 1 saturated carbocycles. The van der Waals surface area contributed by atoms with Crippen LogP contribution in [0.25, 0.3) is 0 Å². The Morgan fingerprint density at radius 2 is 1.74 bits per heavy atom. The van der Waals surface area contributed by atoms with Gasteiger partial charge in [-0.05, 0) is 61.9 Å². The highest BCUT2D eigenvalue weighted by molar-refractivity contribution is 9.10. The zero-order valence-corrected chi connectivity index (χ0v) is 14.2. The molecule has 1 aliphatic carbocycles. The highest BCUT2D eigenvalue weighted by Gasteiger charge is 2.36. The average molecular weight is 324 g/mol. The fourth-order valence-electron chi connectivity index (χ4n) is 3.64.